The van der Waals surface area contributed by atoms with Gasteiger partial charge >= 0.3 is 0 Å². The Labute approximate surface area is 156 Å². The molecule has 6 nitrogen and oxygen atoms in total. The zero-order chi connectivity index (χ0) is 19.0. The number of sulfone groups is 1. The largest absolute Gasteiger partial charge is 0.378 e. The van der Waals surface area contributed by atoms with Crippen LogP contribution in [0.3, 0.4) is 0 Å². The Hall–Kier alpha value is -2.71. The minimum Gasteiger partial charge on any atom is -0.378 e. The van der Waals surface area contributed by atoms with Gasteiger partial charge in [-0.1, -0.05) is 18.2 Å². The highest BCUT2D eigenvalue weighted by molar-refractivity contribution is 7.97. The lowest BCUT2D eigenvalue weighted by Crippen LogP contribution is -2.36. The summed E-state index contributed by atoms with van der Waals surface area (Å²) in [5.74, 6) is -1.18. The van der Waals surface area contributed by atoms with Gasteiger partial charge in [-0.25, -0.2) is 12.8 Å². The second-order valence-electron chi connectivity index (χ2n) is 6.24. The van der Waals surface area contributed by atoms with Crippen molar-refractivity contribution in [3.8, 4) is 0 Å². The van der Waals surface area contributed by atoms with Crippen LogP contribution < -0.4 is 5.32 Å². The van der Waals surface area contributed by atoms with Gasteiger partial charge in [0.05, 0.1) is 23.8 Å². The van der Waals surface area contributed by atoms with Crippen LogP contribution in [0.4, 0.5) is 10.1 Å². The summed E-state index contributed by atoms with van der Waals surface area (Å²) in [6.07, 6.45) is 0. The topological polar surface area (TPSA) is 75.7 Å². The Kier molecular flexibility index (Phi) is 4.45. The molecular weight excluding hydrogens is 371 g/mol. The van der Waals surface area contributed by atoms with E-state index in [0.29, 0.717) is 43.3 Å². The van der Waals surface area contributed by atoms with Crippen LogP contribution in [0.15, 0.2) is 58.3 Å². The third-order valence-corrected chi connectivity index (χ3v) is 6.40. The molecule has 1 N–H and O–H groups in total. The monoisotopic (exact) mass is 388 g/mol. The zero-order valence-electron chi connectivity index (χ0n) is 14.3. The SMILES string of the molecule is O=C(Nc1ccc(F)cc1)C1=C(N2CCOCC2)c2ccccc2S1(=O)=O. The summed E-state index contributed by atoms with van der Waals surface area (Å²) in [7, 11) is -3.96. The first-order valence-corrected chi connectivity index (χ1v) is 9.95. The fourth-order valence-electron chi connectivity index (χ4n) is 3.31. The maximum Gasteiger partial charge on any atom is 0.269 e. The van der Waals surface area contributed by atoms with Crippen LogP contribution in [-0.2, 0) is 19.4 Å². The Morgan fingerprint density at radius 3 is 2.41 bits per heavy atom. The van der Waals surface area contributed by atoms with Crippen LogP contribution in [0, 0.1) is 5.82 Å². The normalized spacial score (nSPS) is 18.3. The number of nitrogens with one attached hydrogen (secondary N) is 1. The Morgan fingerprint density at radius 1 is 1.04 bits per heavy atom. The molecule has 0 radical (unpaired) electrons. The molecule has 0 bridgehead atoms. The van der Waals surface area contributed by atoms with Gasteiger partial charge in [-0.3, -0.25) is 4.79 Å². The lowest BCUT2D eigenvalue weighted by Gasteiger charge is -2.30. The molecule has 1 fully saturated rings. The Morgan fingerprint density at radius 2 is 1.70 bits per heavy atom. The van der Waals surface area contributed by atoms with Gasteiger partial charge in [0.25, 0.3) is 5.91 Å². The molecule has 1 amide bonds. The van der Waals surface area contributed by atoms with Crippen molar-refractivity contribution in [3.63, 3.8) is 0 Å². The molecule has 0 atom stereocenters. The third kappa shape index (κ3) is 3.11. The summed E-state index contributed by atoms with van der Waals surface area (Å²) < 4.78 is 44.6. The van der Waals surface area contributed by atoms with Gasteiger partial charge in [-0.15, -0.1) is 0 Å². The van der Waals surface area contributed by atoms with Crippen LogP contribution in [0.5, 0.6) is 0 Å². The fourth-order valence-corrected chi connectivity index (χ4v) is 5.03. The molecule has 2 aromatic carbocycles. The highest BCUT2D eigenvalue weighted by Gasteiger charge is 2.42. The van der Waals surface area contributed by atoms with E-state index in [2.05, 4.69) is 5.32 Å². The summed E-state index contributed by atoms with van der Waals surface area (Å²) in [4.78, 5) is 14.6. The number of amides is 1. The number of halogens is 1. The van der Waals surface area contributed by atoms with Crippen molar-refractivity contribution in [2.45, 2.75) is 4.90 Å². The molecular formula is C19H17FN2O4S. The first kappa shape index (κ1) is 17.7. The summed E-state index contributed by atoms with van der Waals surface area (Å²) in [5.41, 5.74) is 1.23. The lowest BCUT2D eigenvalue weighted by molar-refractivity contribution is -0.112. The van der Waals surface area contributed by atoms with Gasteiger partial charge in [0.15, 0.2) is 4.91 Å². The number of carbonyl (C=O) groups is 1. The maximum atomic E-state index is 13.1. The van der Waals surface area contributed by atoms with Gasteiger partial charge in [-0.2, -0.15) is 0 Å². The number of nitrogens with zero attached hydrogens (tertiary/aromatic N) is 1. The average Bonchev–Trinajstić information content (AvgIpc) is 2.92. The molecule has 0 spiro atoms. The van der Waals surface area contributed by atoms with Crippen molar-refractivity contribution in [2.24, 2.45) is 0 Å². The van der Waals surface area contributed by atoms with E-state index in [4.69, 9.17) is 4.74 Å². The zero-order valence-corrected chi connectivity index (χ0v) is 15.1. The fraction of sp³-hybridized carbons (Fsp3) is 0.211. The summed E-state index contributed by atoms with van der Waals surface area (Å²) in [6.45, 7) is 1.90. The van der Waals surface area contributed by atoms with Crippen LogP contribution in [0.1, 0.15) is 5.56 Å². The van der Waals surface area contributed by atoms with Crippen molar-refractivity contribution < 1.29 is 22.3 Å². The van der Waals surface area contributed by atoms with Gasteiger partial charge in [0.1, 0.15) is 5.82 Å². The first-order valence-electron chi connectivity index (χ1n) is 8.47. The summed E-state index contributed by atoms with van der Waals surface area (Å²) in [6, 6.07) is 11.8. The van der Waals surface area contributed by atoms with Crippen LogP contribution in [-0.4, -0.2) is 45.5 Å². The van der Waals surface area contributed by atoms with Crippen molar-refractivity contribution in [3.05, 3.63) is 64.8 Å². The Balaban J connectivity index is 1.80. The number of anilines is 1. The van der Waals surface area contributed by atoms with Gasteiger partial charge < -0.3 is 15.0 Å². The van der Waals surface area contributed by atoms with Crippen LogP contribution in [0.25, 0.3) is 5.70 Å². The van der Waals surface area contributed by atoms with Crippen LogP contribution in [0.2, 0.25) is 0 Å². The molecule has 0 aliphatic carbocycles. The second-order valence-corrected chi connectivity index (χ2v) is 8.09. The highest BCUT2D eigenvalue weighted by atomic mass is 32.2. The van der Waals surface area contributed by atoms with E-state index in [1.54, 1.807) is 18.2 Å². The number of hydrogen-bond acceptors (Lipinski definition) is 5. The summed E-state index contributed by atoms with van der Waals surface area (Å²) >= 11 is 0. The predicted molar refractivity (Wildman–Crippen MR) is 98.0 cm³/mol. The number of ether oxygens (including phenoxy) is 1. The number of morpholine rings is 1. The Bertz CT molecular complexity index is 1030. The number of benzene rings is 2. The standard InChI is InChI=1S/C19H17FN2O4S/c20-13-5-7-14(8-6-13)21-19(23)18-17(22-9-11-26-12-10-22)15-3-1-2-4-16(15)27(18,24)25/h1-8H,9-12H2,(H,21,23). The minimum atomic E-state index is -3.96. The first-order chi connectivity index (χ1) is 13.0. The number of fused-ring (bicyclic) bond motifs is 1. The molecule has 0 unspecified atom stereocenters. The molecule has 2 heterocycles. The molecule has 0 saturated carbocycles. The van der Waals surface area contributed by atoms with Crippen molar-refractivity contribution >= 4 is 27.1 Å². The molecule has 1 saturated heterocycles. The number of hydrogen-bond donors (Lipinski definition) is 1. The van der Waals surface area contributed by atoms with E-state index in [1.807, 2.05) is 4.90 Å². The molecule has 140 valence electrons. The van der Waals surface area contributed by atoms with Gasteiger partial charge in [-0.05, 0) is 30.3 Å². The number of rotatable bonds is 3. The van der Waals surface area contributed by atoms with E-state index in [0.717, 1.165) is 0 Å². The van der Waals surface area contributed by atoms with Crippen LogP contribution >= 0.6 is 0 Å². The summed E-state index contributed by atoms with van der Waals surface area (Å²) in [5, 5.41) is 2.57. The third-order valence-electron chi connectivity index (χ3n) is 4.55. The number of carbonyl (C=O) groups excluding carboxylic acids is 1. The van der Waals surface area contributed by atoms with E-state index >= 15 is 0 Å². The molecule has 4 rings (SSSR count). The second kappa shape index (κ2) is 6.79. The quantitative estimate of drug-likeness (QED) is 0.873. The maximum absolute atomic E-state index is 13.1. The van der Waals surface area contributed by atoms with Crippen molar-refractivity contribution in [1.82, 2.24) is 4.90 Å². The van der Waals surface area contributed by atoms with E-state index in [1.165, 1.54) is 30.3 Å². The minimum absolute atomic E-state index is 0.121. The molecule has 2 aliphatic heterocycles. The molecule has 2 aromatic rings. The van der Waals surface area contributed by atoms with E-state index in [9.17, 15) is 17.6 Å². The van der Waals surface area contributed by atoms with Gasteiger partial charge in [0.2, 0.25) is 9.84 Å². The van der Waals surface area contributed by atoms with Crippen molar-refractivity contribution in [2.75, 3.05) is 31.6 Å². The smallest absolute Gasteiger partial charge is 0.269 e. The van der Waals surface area contributed by atoms with Crippen molar-refractivity contribution in [1.29, 1.82) is 0 Å². The molecule has 8 heteroatoms. The van der Waals surface area contributed by atoms with E-state index in [-0.39, 0.29) is 9.80 Å². The average molecular weight is 388 g/mol. The highest BCUT2D eigenvalue weighted by Crippen LogP contribution is 2.41. The molecule has 27 heavy (non-hydrogen) atoms. The predicted octanol–water partition coefficient (Wildman–Crippen LogP) is 2.25. The lowest BCUT2D eigenvalue weighted by atomic mass is 10.1. The molecule has 0 aromatic heterocycles. The molecule has 2 aliphatic rings. The van der Waals surface area contributed by atoms with E-state index < -0.39 is 21.6 Å². The van der Waals surface area contributed by atoms with Gasteiger partial charge in [0, 0.05) is 24.3 Å².